The van der Waals surface area contributed by atoms with Crippen LogP contribution in [0.2, 0.25) is 0 Å². The normalized spacial score (nSPS) is 38.2. The molecule has 0 radical (unpaired) electrons. The predicted octanol–water partition coefficient (Wildman–Crippen LogP) is 1.55. The van der Waals surface area contributed by atoms with Gasteiger partial charge in [-0.1, -0.05) is 13.8 Å². The van der Waals surface area contributed by atoms with Crippen LogP contribution in [0.5, 0.6) is 0 Å². The summed E-state index contributed by atoms with van der Waals surface area (Å²) in [5.74, 6) is 5.39. The quantitative estimate of drug-likeness (QED) is 0.679. The Bertz CT molecular complexity index is 207. The molecule has 2 unspecified atom stereocenters. The molecule has 0 aromatic heterocycles. The summed E-state index contributed by atoms with van der Waals surface area (Å²) in [6.07, 6.45) is 2.64. The average molecular weight is 201 g/mol. The Balaban J connectivity index is 2.71. The van der Waals surface area contributed by atoms with Crippen LogP contribution in [0.15, 0.2) is 0 Å². The summed E-state index contributed by atoms with van der Waals surface area (Å²) >= 11 is 0. The van der Waals surface area contributed by atoms with Crippen LogP contribution < -0.4 is 5.90 Å². The maximum atomic E-state index is 10.7. The van der Waals surface area contributed by atoms with Crippen LogP contribution >= 0.6 is 0 Å². The number of aliphatic carboxylic acids is 1. The fourth-order valence-electron chi connectivity index (χ4n) is 2.76. The molecule has 0 bridgehead atoms. The Kier molecular flexibility index (Phi) is 3.50. The van der Waals surface area contributed by atoms with Gasteiger partial charge in [0.15, 0.2) is 0 Å². The lowest BCUT2D eigenvalue weighted by molar-refractivity contribution is -0.152. The first-order chi connectivity index (χ1) is 6.47. The van der Waals surface area contributed by atoms with Crippen LogP contribution in [0, 0.1) is 11.8 Å². The Morgan fingerprint density at radius 2 is 2.00 bits per heavy atom. The second-order valence-corrected chi connectivity index (χ2v) is 4.73. The molecule has 0 saturated heterocycles. The van der Waals surface area contributed by atoms with E-state index in [0.717, 1.165) is 19.3 Å². The van der Waals surface area contributed by atoms with Crippen molar-refractivity contribution in [3.63, 3.8) is 0 Å². The highest BCUT2D eigenvalue weighted by molar-refractivity contribution is 5.68. The third-order valence-corrected chi connectivity index (χ3v) is 2.97. The van der Waals surface area contributed by atoms with E-state index in [-0.39, 0.29) is 6.42 Å². The van der Waals surface area contributed by atoms with Gasteiger partial charge in [-0.05, 0) is 31.1 Å². The van der Waals surface area contributed by atoms with Crippen LogP contribution in [-0.4, -0.2) is 16.7 Å². The van der Waals surface area contributed by atoms with E-state index in [2.05, 4.69) is 13.8 Å². The van der Waals surface area contributed by atoms with Crippen molar-refractivity contribution in [1.29, 1.82) is 0 Å². The molecular formula is C10H19NO3. The molecule has 2 atom stereocenters. The maximum absolute atomic E-state index is 10.7. The van der Waals surface area contributed by atoms with E-state index in [0.29, 0.717) is 11.8 Å². The molecule has 1 rings (SSSR count). The summed E-state index contributed by atoms with van der Waals surface area (Å²) in [7, 11) is 0. The van der Waals surface area contributed by atoms with Crippen molar-refractivity contribution < 1.29 is 14.7 Å². The predicted molar refractivity (Wildman–Crippen MR) is 52.4 cm³/mol. The van der Waals surface area contributed by atoms with Gasteiger partial charge in [-0.25, -0.2) is 5.90 Å². The lowest BCUT2D eigenvalue weighted by Crippen LogP contribution is -2.44. The number of carbonyl (C=O) groups is 1. The van der Waals surface area contributed by atoms with Crippen molar-refractivity contribution in [2.24, 2.45) is 17.7 Å². The van der Waals surface area contributed by atoms with E-state index in [1.165, 1.54) is 0 Å². The van der Waals surface area contributed by atoms with E-state index in [1.54, 1.807) is 0 Å². The number of hydrogen-bond acceptors (Lipinski definition) is 3. The van der Waals surface area contributed by atoms with Crippen molar-refractivity contribution in [3.05, 3.63) is 0 Å². The van der Waals surface area contributed by atoms with Crippen molar-refractivity contribution in [1.82, 2.24) is 0 Å². The molecule has 82 valence electrons. The first kappa shape index (κ1) is 11.5. The second kappa shape index (κ2) is 4.28. The van der Waals surface area contributed by atoms with Gasteiger partial charge in [-0.2, -0.15) is 0 Å². The SMILES string of the molecule is CC1CC(C)CC(CC(=O)O)(ON)C1. The summed E-state index contributed by atoms with van der Waals surface area (Å²) in [4.78, 5) is 15.7. The Hall–Kier alpha value is -0.610. The van der Waals surface area contributed by atoms with E-state index >= 15 is 0 Å². The molecule has 1 saturated carbocycles. The van der Waals surface area contributed by atoms with Gasteiger partial charge in [0.1, 0.15) is 5.60 Å². The molecule has 0 aliphatic heterocycles. The Morgan fingerprint density at radius 3 is 2.36 bits per heavy atom. The van der Waals surface area contributed by atoms with Gasteiger partial charge in [-0.15, -0.1) is 0 Å². The van der Waals surface area contributed by atoms with Gasteiger partial charge in [0.05, 0.1) is 6.42 Å². The molecule has 0 spiro atoms. The highest BCUT2D eigenvalue weighted by Gasteiger charge is 2.40. The van der Waals surface area contributed by atoms with E-state index in [1.807, 2.05) is 0 Å². The first-order valence-corrected chi connectivity index (χ1v) is 5.07. The van der Waals surface area contributed by atoms with Crippen LogP contribution in [-0.2, 0) is 9.63 Å². The Morgan fingerprint density at radius 1 is 1.50 bits per heavy atom. The van der Waals surface area contributed by atoms with Crippen LogP contribution in [0.3, 0.4) is 0 Å². The van der Waals surface area contributed by atoms with Crippen LogP contribution in [0.4, 0.5) is 0 Å². The second-order valence-electron chi connectivity index (χ2n) is 4.73. The monoisotopic (exact) mass is 201 g/mol. The van der Waals surface area contributed by atoms with E-state index in [9.17, 15) is 4.79 Å². The molecule has 14 heavy (non-hydrogen) atoms. The molecule has 4 heteroatoms. The van der Waals surface area contributed by atoms with Crippen molar-refractivity contribution in [2.45, 2.75) is 45.1 Å². The average Bonchev–Trinajstić information content (AvgIpc) is 2.00. The highest BCUT2D eigenvalue weighted by Crippen LogP contribution is 2.39. The Labute approximate surface area is 84.4 Å². The standard InChI is InChI=1S/C10H19NO3/c1-7-3-8(2)5-10(4-7,14-11)6-9(12)13/h7-8H,3-6,11H2,1-2H3,(H,12,13). The zero-order valence-corrected chi connectivity index (χ0v) is 8.82. The zero-order chi connectivity index (χ0) is 10.8. The minimum atomic E-state index is -0.836. The minimum absolute atomic E-state index is 0.0121. The topological polar surface area (TPSA) is 72.5 Å². The fraction of sp³-hybridized carbons (Fsp3) is 0.900. The minimum Gasteiger partial charge on any atom is -0.481 e. The van der Waals surface area contributed by atoms with Crippen LogP contribution in [0.25, 0.3) is 0 Å². The summed E-state index contributed by atoms with van der Waals surface area (Å²) < 4.78 is 0. The van der Waals surface area contributed by atoms with Crippen LogP contribution in [0.1, 0.15) is 39.5 Å². The third-order valence-electron chi connectivity index (χ3n) is 2.97. The lowest BCUT2D eigenvalue weighted by atomic mass is 9.72. The largest absolute Gasteiger partial charge is 0.481 e. The molecule has 0 heterocycles. The fourth-order valence-corrected chi connectivity index (χ4v) is 2.76. The van der Waals surface area contributed by atoms with Crippen molar-refractivity contribution >= 4 is 5.97 Å². The number of hydrogen-bond donors (Lipinski definition) is 2. The molecule has 0 aromatic carbocycles. The van der Waals surface area contributed by atoms with Gasteiger partial charge in [0, 0.05) is 0 Å². The number of carboxylic acids is 1. The van der Waals surface area contributed by atoms with Gasteiger partial charge in [-0.3, -0.25) is 9.63 Å². The van der Waals surface area contributed by atoms with Gasteiger partial charge in [0.2, 0.25) is 0 Å². The summed E-state index contributed by atoms with van der Waals surface area (Å²) in [6, 6.07) is 0. The molecule has 0 aromatic rings. The number of carboxylic acid groups (broad SMARTS) is 1. The summed E-state index contributed by atoms with van der Waals surface area (Å²) in [6.45, 7) is 4.23. The third kappa shape index (κ3) is 2.69. The van der Waals surface area contributed by atoms with Gasteiger partial charge in [0.25, 0.3) is 0 Å². The molecule has 1 fully saturated rings. The summed E-state index contributed by atoms with van der Waals surface area (Å²) in [5, 5.41) is 8.80. The molecule has 0 amide bonds. The smallest absolute Gasteiger partial charge is 0.306 e. The van der Waals surface area contributed by atoms with E-state index < -0.39 is 11.6 Å². The van der Waals surface area contributed by atoms with Crippen molar-refractivity contribution in [3.8, 4) is 0 Å². The first-order valence-electron chi connectivity index (χ1n) is 5.07. The maximum Gasteiger partial charge on any atom is 0.306 e. The number of rotatable bonds is 3. The van der Waals surface area contributed by atoms with Gasteiger partial charge < -0.3 is 5.11 Å². The molecule has 1 aliphatic rings. The molecule has 1 aliphatic carbocycles. The number of nitrogens with two attached hydrogens (primary N) is 1. The highest BCUT2D eigenvalue weighted by atomic mass is 16.6. The summed E-state index contributed by atoms with van der Waals surface area (Å²) in [5.41, 5.74) is -0.636. The van der Waals surface area contributed by atoms with Crippen molar-refractivity contribution in [2.75, 3.05) is 0 Å². The lowest BCUT2D eigenvalue weighted by Gasteiger charge is -2.40. The zero-order valence-electron chi connectivity index (χ0n) is 8.82. The van der Waals surface area contributed by atoms with E-state index in [4.69, 9.17) is 15.8 Å². The van der Waals surface area contributed by atoms with Gasteiger partial charge >= 0.3 is 5.97 Å². The molecule has 4 nitrogen and oxygen atoms in total. The molecular weight excluding hydrogens is 182 g/mol. The molecule has 3 N–H and O–H groups in total.